The van der Waals surface area contributed by atoms with E-state index in [0.717, 1.165) is 16.1 Å². The Labute approximate surface area is 163 Å². The first kappa shape index (κ1) is 17.7. The van der Waals surface area contributed by atoms with Gasteiger partial charge in [-0.3, -0.25) is 4.79 Å². The number of hydrogen-bond acceptors (Lipinski definition) is 6. The highest BCUT2D eigenvalue weighted by molar-refractivity contribution is 7.13. The Hall–Kier alpha value is -2.74. The fraction of sp³-hybridized carbons (Fsp3) is 0.100. The fourth-order valence-corrected chi connectivity index (χ4v) is 4.01. The number of carbonyl (C=O) groups excluding carboxylic acids is 1. The Morgan fingerprint density at radius 2 is 1.96 bits per heavy atom. The Morgan fingerprint density at radius 3 is 2.74 bits per heavy atom. The highest BCUT2D eigenvalue weighted by atomic mass is 32.1. The van der Waals surface area contributed by atoms with Gasteiger partial charge in [0.2, 0.25) is 0 Å². The highest BCUT2D eigenvalue weighted by Crippen LogP contribution is 2.27. The maximum absolute atomic E-state index is 12.3. The van der Waals surface area contributed by atoms with E-state index >= 15 is 0 Å². The second kappa shape index (κ2) is 7.87. The van der Waals surface area contributed by atoms with Crippen LogP contribution in [-0.4, -0.2) is 22.5 Å². The Morgan fingerprint density at radius 1 is 1.11 bits per heavy atom. The molecule has 4 aromatic rings. The van der Waals surface area contributed by atoms with E-state index in [0.29, 0.717) is 17.2 Å². The van der Waals surface area contributed by atoms with Crippen molar-refractivity contribution in [2.75, 3.05) is 6.54 Å². The molecule has 0 aliphatic rings. The van der Waals surface area contributed by atoms with Crippen molar-refractivity contribution in [1.82, 2.24) is 10.3 Å². The van der Waals surface area contributed by atoms with Gasteiger partial charge in [0.05, 0.1) is 6.54 Å². The number of aliphatic hydroxyl groups excluding tert-OH is 1. The van der Waals surface area contributed by atoms with Crippen molar-refractivity contribution in [3.8, 4) is 21.9 Å². The second-order valence-electron chi connectivity index (χ2n) is 5.84. The molecule has 1 aromatic carbocycles. The molecule has 136 valence electrons. The van der Waals surface area contributed by atoms with Gasteiger partial charge in [-0.05, 0) is 23.6 Å². The number of carbonyl (C=O) groups is 1. The summed E-state index contributed by atoms with van der Waals surface area (Å²) >= 11 is 2.99. The fourth-order valence-electron chi connectivity index (χ4n) is 2.56. The van der Waals surface area contributed by atoms with Crippen LogP contribution in [0, 0.1) is 0 Å². The molecule has 3 aromatic heterocycles. The minimum Gasteiger partial charge on any atom is -0.458 e. The van der Waals surface area contributed by atoms with Gasteiger partial charge in [0.25, 0.3) is 5.91 Å². The lowest BCUT2D eigenvalue weighted by molar-refractivity contribution is 0.0897. The number of thiophene rings is 1. The normalized spacial score (nSPS) is 12.0. The molecule has 0 spiro atoms. The zero-order valence-electron chi connectivity index (χ0n) is 14.2. The number of nitrogens with one attached hydrogen (secondary N) is 1. The quantitative estimate of drug-likeness (QED) is 0.500. The third kappa shape index (κ3) is 4.00. The lowest BCUT2D eigenvalue weighted by Crippen LogP contribution is -2.28. The molecule has 0 unspecified atom stereocenters. The molecule has 5 nitrogen and oxygen atoms in total. The number of hydrogen-bond donors (Lipinski definition) is 2. The number of rotatable bonds is 6. The Balaban J connectivity index is 1.37. The van der Waals surface area contributed by atoms with Crippen LogP contribution < -0.4 is 5.32 Å². The van der Waals surface area contributed by atoms with Gasteiger partial charge < -0.3 is 14.8 Å². The van der Waals surface area contributed by atoms with Crippen LogP contribution in [-0.2, 0) is 0 Å². The topological polar surface area (TPSA) is 75.4 Å². The predicted octanol–water partition coefficient (Wildman–Crippen LogP) is 4.60. The van der Waals surface area contributed by atoms with Gasteiger partial charge in [-0.15, -0.1) is 11.3 Å². The van der Waals surface area contributed by atoms with Crippen LogP contribution in [0.3, 0.4) is 0 Å². The van der Waals surface area contributed by atoms with Crippen molar-refractivity contribution >= 4 is 28.6 Å². The van der Waals surface area contributed by atoms with Crippen LogP contribution in [0.15, 0.2) is 69.1 Å². The molecule has 0 aliphatic heterocycles. The molecular weight excluding hydrogens is 380 g/mol. The van der Waals surface area contributed by atoms with Gasteiger partial charge >= 0.3 is 0 Å². The van der Waals surface area contributed by atoms with Gasteiger partial charge in [-0.1, -0.05) is 30.3 Å². The van der Waals surface area contributed by atoms with E-state index in [-0.39, 0.29) is 12.5 Å². The zero-order valence-corrected chi connectivity index (χ0v) is 15.8. The molecular formula is C20H16N2O3S2. The Bertz CT molecular complexity index is 1020. The minimum atomic E-state index is -0.923. The molecule has 0 radical (unpaired) electrons. The van der Waals surface area contributed by atoms with Gasteiger partial charge in [0.15, 0.2) is 0 Å². The van der Waals surface area contributed by atoms with Gasteiger partial charge in [0, 0.05) is 21.9 Å². The molecule has 0 saturated carbocycles. The molecule has 4 rings (SSSR count). The van der Waals surface area contributed by atoms with E-state index in [9.17, 15) is 9.90 Å². The van der Waals surface area contributed by atoms with Crippen molar-refractivity contribution in [1.29, 1.82) is 0 Å². The van der Waals surface area contributed by atoms with Crippen molar-refractivity contribution < 1.29 is 14.3 Å². The standard InChI is InChI=1S/C20H16N2O3S2/c23-16(18-7-6-17(25-18)14-8-9-26-11-14)10-21-19(24)15-12-27-20(22-15)13-4-2-1-3-5-13/h1-9,11-12,16,23H,10H2,(H,21,24)/t16-/m1/s1. The number of furan rings is 1. The number of benzene rings is 1. The summed E-state index contributed by atoms with van der Waals surface area (Å²) in [6.45, 7) is 0.0492. The van der Waals surface area contributed by atoms with E-state index in [2.05, 4.69) is 10.3 Å². The van der Waals surface area contributed by atoms with E-state index in [1.807, 2.05) is 53.2 Å². The van der Waals surface area contributed by atoms with E-state index in [1.54, 1.807) is 22.8 Å². The first-order chi connectivity index (χ1) is 13.2. The molecule has 1 atom stereocenters. The van der Waals surface area contributed by atoms with E-state index in [1.165, 1.54) is 11.3 Å². The minimum absolute atomic E-state index is 0.0492. The molecule has 0 saturated heterocycles. The summed E-state index contributed by atoms with van der Waals surface area (Å²) in [6, 6.07) is 15.2. The second-order valence-corrected chi connectivity index (χ2v) is 7.48. The van der Waals surface area contributed by atoms with Crippen molar-refractivity contribution in [3.63, 3.8) is 0 Å². The van der Waals surface area contributed by atoms with E-state index in [4.69, 9.17) is 4.42 Å². The third-order valence-corrected chi connectivity index (χ3v) is 5.55. The smallest absolute Gasteiger partial charge is 0.270 e. The van der Waals surface area contributed by atoms with Gasteiger partial charge in [-0.25, -0.2) is 4.98 Å². The number of aliphatic hydroxyl groups is 1. The summed E-state index contributed by atoms with van der Waals surface area (Å²) in [5, 5.41) is 19.4. The van der Waals surface area contributed by atoms with Gasteiger partial charge in [0.1, 0.15) is 28.3 Å². The van der Waals surface area contributed by atoms with Gasteiger partial charge in [-0.2, -0.15) is 11.3 Å². The maximum atomic E-state index is 12.3. The van der Waals surface area contributed by atoms with Crippen LogP contribution >= 0.6 is 22.7 Å². The number of amides is 1. The average molecular weight is 396 g/mol. The first-order valence-electron chi connectivity index (χ1n) is 8.30. The van der Waals surface area contributed by atoms with Crippen LogP contribution in [0.2, 0.25) is 0 Å². The molecule has 3 heterocycles. The predicted molar refractivity (Wildman–Crippen MR) is 107 cm³/mol. The summed E-state index contributed by atoms with van der Waals surface area (Å²) in [5.41, 5.74) is 2.28. The molecule has 27 heavy (non-hydrogen) atoms. The number of aromatic nitrogens is 1. The number of nitrogens with zero attached hydrogens (tertiary/aromatic N) is 1. The zero-order chi connectivity index (χ0) is 18.6. The first-order valence-corrected chi connectivity index (χ1v) is 10.1. The molecule has 2 N–H and O–H groups in total. The average Bonchev–Trinajstić information content (AvgIpc) is 3.47. The third-order valence-electron chi connectivity index (χ3n) is 3.97. The Kier molecular flexibility index (Phi) is 5.15. The van der Waals surface area contributed by atoms with Crippen LogP contribution in [0.4, 0.5) is 0 Å². The molecule has 7 heteroatoms. The van der Waals surface area contributed by atoms with Crippen molar-refractivity contribution in [2.24, 2.45) is 0 Å². The summed E-state index contributed by atoms with van der Waals surface area (Å²) in [7, 11) is 0. The largest absolute Gasteiger partial charge is 0.458 e. The summed E-state index contributed by atoms with van der Waals surface area (Å²) in [4.78, 5) is 16.7. The van der Waals surface area contributed by atoms with Crippen molar-refractivity contribution in [3.05, 3.63) is 76.1 Å². The highest BCUT2D eigenvalue weighted by Gasteiger charge is 2.17. The van der Waals surface area contributed by atoms with Crippen LogP contribution in [0.5, 0.6) is 0 Å². The summed E-state index contributed by atoms with van der Waals surface area (Å²) in [5.74, 6) is 0.792. The SMILES string of the molecule is O=C(NC[C@@H](O)c1ccc(-c2ccsc2)o1)c1csc(-c2ccccc2)n1. The lowest BCUT2D eigenvalue weighted by Gasteiger charge is -2.08. The molecule has 0 aliphatic carbocycles. The van der Waals surface area contributed by atoms with Crippen LogP contribution in [0.1, 0.15) is 22.4 Å². The molecule has 1 amide bonds. The number of thiazole rings is 1. The monoisotopic (exact) mass is 396 g/mol. The molecule has 0 bridgehead atoms. The van der Waals surface area contributed by atoms with E-state index < -0.39 is 6.10 Å². The molecule has 0 fully saturated rings. The summed E-state index contributed by atoms with van der Waals surface area (Å²) < 4.78 is 5.68. The summed E-state index contributed by atoms with van der Waals surface area (Å²) in [6.07, 6.45) is -0.923. The van der Waals surface area contributed by atoms with Crippen molar-refractivity contribution in [2.45, 2.75) is 6.10 Å². The van der Waals surface area contributed by atoms with Crippen LogP contribution in [0.25, 0.3) is 21.9 Å². The lowest BCUT2D eigenvalue weighted by atomic mass is 10.2. The maximum Gasteiger partial charge on any atom is 0.270 e.